The van der Waals surface area contributed by atoms with Crippen molar-refractivity contribution in [3.05, 3.63) is 5.32 Å². The molecule has 0 unspecified atom stereocenters. The van der Waals surface area contributed by atoms with Crippen LogP contribution in [0.3, 0.4) is 0 Å². The predicted octanol–water partition coefficient (Wildman–Crippen LogP) is -3.02. The maximum absolute atomic E-state index is 5.27. The summed E-state index contributed by atoms with van der Waals surface area (Å²) in [5.74, 6) is 0. The van der Waals surface area contributed by atoms with Gasteiger partial charge < -0.3 is 30.0 Å². The molecule has 0 saturated carbocycles. The van der Waals surface area contributed by atoms with Crippen LogP contribution in [0.2, 0.25) is 0 Å². The van der Waals surface area contributed by atoms with Crippen molar-refractivity contribution >= 4 is 0 Å². The molecule has 0 aliphatic heterocycles. The van der Waals surface area contributed by atoms with Crippen molar-refractivity contribution in [1.29, 1.82) is 0 Å². The minimum atomic E-state index is 0. The van der Waals surface area contributed by atoms with Gasteiger partial charge in [-0.3, -0.25) is 0 Å². The normalized spacial score (nSPS) is 10.2. The van der Waals surface area contributed by atoms with Gasteiger partial charge in [-0.2, -0.15) is 0 Å². The van der Waals surface area contributed by atoms with E-state index in [1.54, 1.807) is 7.11 Å². The fourth-order valence-corrected chi connectivity index (χ4v) is 0.910. The summed E-state index contributed by atoms with van der Waals surface area (Å²) in [5.41, 5.74) is 5.26. The molecule has 0 aromatic heterocycles. The monoisotopic (exact) mass is 274 g/mol. The Kier molecular flexibility index (Phi) is 24.0. The number of rotatable bonds is 13. The zero-order valence-electron chi connectivity index (χ0n) is 11.0. The first-order chi connectivity index (χ1) is 7.91. The van der Waals surface area contributed by atoms with E-state index >= 15 is 0 Å². The van der Waals surface area contributed by atoms with Crippen LogP contribution in [0, 0.1) is 0 Å². The second-order valence-electron chi connectivity index (χ2n) is 2.99. The Labute approximate surface area is 146 Å². The summed E-state index contributed by atoms with van der Waals surface area (Å²) in [7, 11) is 1.62. The number of hydrogen-bond acceptors (Lipinski definition) is 5. The quantitative estimate of drug-likeness (QED) is 0.286. The standard InChI is InChI=1S/C10H23N2O4.K/c1-13-10-12-3-5-15-7-9-16-8-6-14-4-2-11;/h2-11H2,1H3;/q-1;+1. The molecule has 0 aromatic rings. The third-order valence-electron chi connectivity index (χ3n) is 1.62. The average Bonchev–Trinajstić information content (AvgIpc) is 2.31. The maximum Gasteiger partial charge on any atom is 1.00 e. The van der Waals surface area contributed by atoms with Gasteiger partial charge in [0.25, 0.3) is 0 Å². The number of nitrogens with two attached hydrogens (primary N) is 1. The van der Waals surface area contributed by atoms with Gasteiger partial charge in [0.2, 0.25) is 0 Å². The summed E-state index contributed by atoms with van der Waals surface area (Å²) >= 11 is 0. The molecular weight excluding hydrogens is 251 g/mol. The molecule has 0 radical (unpaired) electrons. The number of hydrogen-bond donors (Lipinski definition) is 1. The van der Waals surface area contributed by atoms with Crippen LogP contribution in [-0.2, 0) is 18.9 Å². The first-order valence-corrected chi connectivity index (χ1v) is 5.47. The number of nitrogens with zero attached hydrogens (tertiary/aromatic N) is 1. The second-order valence-corrected chi connectivity index (χ2v) is 2.99. The molecule has 98 valence electrons. The van der Waals surface area contributed by atoms with Crippen molar-refractivity contribution in [3.63, 3.8) is 0 Å². The molecule has 17 heavy (non-hydrogen) atoms. The van der Waals surface area contributed by atoms with Gasteiger partial charge in [0.15, 0.2) is 0 Å². The molecule has 0 spiro atoms. The molecule has 0 bridgehead atoms. The van der Waals surface area contributed by atoms with Crippen LogP contribution in [0.5, 0.6) is 0 Å². The summed E-state index contributed by atoms with van der Waals surface area (Å²) in [6.07, 6.45) is 0. The third-order valence-corrected chi connectivity index (χ3v) is 1.62. The molecule has 0 rings (SSSR count). The van der Waals surface area contributed by atoms with Gasteiger partial charge in [-0.25, -0.2) is 0 Å². The molecule has 0 heterocycles. The predicted molar refractivity (Wildman–Crippen MR) is 61.6 cm³/mol. The zero-order valence-corrected chi connectivity index (χ0v) is 14.1. The van der Waals surface area contributed by atoms with E-state index in [0.717, 1.165) is 0 Å². The van der Waals surface area contributed by atoms with E-state index in [4.69, 9.17) is 24.7 Å². The van der Waals surface area contributed by atoms with Crippen molar-refractivity contribution in [2.45, 2.75) is 0 Å². The Hall–Kier alpha value is 1.40. The first-order valence-electron chi connectivity index (χ1n) is 5.47. The Bertz CT molecular complexity index is 119. The van der Waals surface area contributed by atoms with Crippen LogP contribution in [0.1, 0.15) is 0 Å². The molecule has 0 fully saturated rings. The van der Waals surface area contributed by atoms with Crippen molar-refractivity contribution in [3.8, 4) is 0 Å². The van der Waals surface area contributed by atoms with E-state index in [0.29, 0.717) is 59.5 Å². The molecule has 0 atom stereocenters. The van der Waals surface area contributed by atoms with Gasteiger partial charge in [-0.05, 0) is 6.73 Å². The van der Waals surface area contributed by atoms with E-state index in [2.05, 4.69) is 5.32 Å². The van der Waals surface area contributed by atoms with Crippen molar-refractivity contribution in [1.82, 2.24) is 0 Å². The molecule has 0 aromatic carbocycles. The van der Waals surface area contributed by atoms with Crippen LogP contribution in [0.25, 0.3) is 5.32 Å². The molecule has 0 saturated heterocycles. The molecule has 7 heteroatoms. The zero-order chi connectivity index (χ0) is 11.9. The third kappa shape index (κ3) is 19.9. The van der Waals surface area contributed by atoms with Gasteiger partial charge in [-0.1, -0.05) is 0 Å². The van der Waals surface area contributed by atoms with E-state index < -0.39 is 0 Å². The smallest absolute Gasteiger partial charge is 0.638 e. The Balaban J connectivity index is 0. The molecule has 0 aliphatic carbocycles. The summed E-state index contributed by atoms with van der Waals surface area (Å²) in [5, 5.41) is 4.04. The molecule has 0 amide bonds. The number of methoxy groups -OCH3 is 1. The van der Waals surface area contributed by atoms with Crippen LogP contribution in [-0.4, -0.2) is 66.6 Å². The summed E-state index contributed by atoms with van der Waals surface area (Å²) in [6, 6.07) is 0. The van der Waals surface area contributed by atoms with Crippen LogP contribution in [0.4, 0.5) is 0 Å². The molecule has 0 aliphatic rings. The average molecular weight is 274 g/mol. The summed E-state index contributed by atoms with van der Waals surface area (Å²) in [4.78, 5) is 0. The fourth-order valence-electron chi connectivity index (χ4n) is 0.910. The topological polar surface area (TPSA) is 77.0 Å². The summed E-state index contributed by atoms with van der Waals surface area (Å²) in [6.45, 7) is 5.16. The van der Waals surface area contributed by atoms with Crippen LogP contribution >= 0.6 is 0 Å². The maximum atomic E-state index is 5.27. The van der Waals surface area contributed by atoms with Gasteiger partial charge >= 0.3 is 51.4 Å². The second kappa shape index (κ2) is 19.7. The first kappa shape index (κ1) is 20.7. The minimum Gasteiger partial charge on any atom is -0.638 e. The SMILES string of the molecule is COC[N-]CCOCCOCCOCCN.[K+]. The van der Waals surface area contributed by atoms with E-state index in [-0.39, 0.29) is 51.4 Å². The Morgan fingerprint density at radius 3 is 1.94 bits per heavy atom. The number of ether oxygens (including phenoxy) is 4. The van der Waals surface area contributed by atoms with E-state index in [1.807, 2.05) is 0 Å². The van der Waals surface area contributed by atoms with Crippen molar-refractivity contribution in [2.75, 3.05) is 66.6 Å². The largest absolute Gasteiger partial charge is 1.00 e. The van der Waals surface area contributed by atoms with Gasteiger partial charge in [-0.15, -0.1) is 6.54 Å². The molecule has 2 N–H and O–H groups in total. The van der Waals surface area contributed by atoms with Crippen molar-refractivity contribution < 1.29 is 70.3 Å². The van der Waals surface area contributed by atoms with Gasteiger partial charge in [0, 0.05) is 20.3 Å². The van der Waals surface area contributed by atoms with Crippen LogP contribution < -0.4 is 57.1 Å². The van der Waals surface area contributed by atoms with Crippen LogP contribution in [0.15, 0.2) is 0 Å². The van der Waals surface area contributed by atoms with E-state index in [9.17, 15) is 0 Å². The van der Waals surface area contributed by atoms with Gasteiger partial charge in [0.05, 0.1) is 33.0 Å². The Morgan fingerprint density at radius 1 is 0.882 bits per heavy atom. The molecule has 6 nitrogen and oxygen atoms in total. The molecular formula is C10H23KN2O4. The summed E-state index contributed by atoms with van der Waals surface area (Å²) < 4.78 is 20.4. The fraction of sp³-hybridized carbons (Fsp3) is 1.00. The van der Waals surface area contributed by atoms with Crippen molar-refractivity contribution in [2.24, 2.45) is 5.73 Å². The minimum absolute atomic E-state index is 0. The Morgan fingerprint density at radius 2 is 1.41 bits per heavy atom. The van der Waals surface area contributed by atoms with E-state index in [1.165, 1.54) is 0 Å². The van der Waals surface area contributed by atoms with Gasteiger partial charge in [0.1, 0.15) is 0 Å².